The summed E-state index contributed by atoms with van der Waals surface area (Å²) in [5, 5.41) is 19.4. The highest BCUT2D eigenvalue weighted by molar-refractivity contribution is 5.81. The Morgan fingerprint density at radius 1 is 1.43 bits per heavy atom. The zero-order chi connectivity index (χ0) is 9.97. The zero-order valence-electron chi connectivity index (χ0n) is 7.14. The molecule has 0 aliphatic carbocycles. The van der Waals surface area contributed by atoms with Gasteiger partial charge < -0.3 is 5.11 Å². The Morgan fingerprint density at radius 2 is 2.29 bits per heavy atom. The first-order valence-corrected chi connectivity index (χ1v) is 3.95. The van der Waals surface area contributed by atoms with Crippen molar-refractivity contribution in [3.8, 4) is 17.0 Å². The number of aromatic nitrogens is 3. The van der Waals surface area contributed by atoms with Gasteiger partial charge in [-0.05, 0) is 12.1 Å². The van der Waals surface area contributed by atoms with Crippen LogP contribution >= 0.6 is 0 Å². The molecule has 0 bridgehead atoms. The minimum absolute atomic E-state index is 0.0551. The molecule has 0 aliphatic heterocycles. The number of hydrogen-bond donors (Lipinski definition) is 2. The molecule has 14 heavy (non-hydrogen) atoms. The molecular formula is C9H7N3O2. The molecule has 1 heterocycles. The maximum Gasteiger partial charge on any atom is 0.153 e. The molecule has 1 aromatic carbocycles. The molecule has 2 N–H and O–H groups in total. The van der Waals surface area contributed by atoms with E-state index in [1.807, 2.05) is 0 Å². The monoisotopic (exact) mass is 189 g/mol. The largest absolute Gasteiger partial charge is 0.507 e. The summed E-state index contributed by atoms with van der Waals surface area (Å²) >= 11 is 0. The predicted molar refractivity (Wildman–Crippen MR) is 48.9 cm³/mol. The van der Waals surface area contributed by atoms with Crippen molar-refractivity contribution < 1.29 is 9.90 Å². The number of phenolic OH excluding ortho intramolecular Hbond substituents is 1. The average molecular weight is 189 g/mol. The van der Waals surface area contributed by atoms with Crippen LogP contribution in [0.25, 0.3) is 11.3 Å². The number of rotatable bonds is 2. The number of carbonyl (C=O) groups excluding carboxylic acids is 1. The number of H-pyrrole nitrogens is 1. The van der Waals surface area contributed by atoms with Crippen LogP contribution in [0.2, 0.25) is 0 Å². The smallest absolute Gasteiger partial charge is 0.153 e. The third-order valence-corrected chi connectivity index (χ3v) is 1.87. The molecule has 2 rings (SSSR count). The second-order valence-electron chi connectivity index (χ2n) is 2.75. The SMILES string of the molecule is O=Cc1ccc(-c2cn[nH]n2)cc1O. The van der Waals surface area contributed by atoms with Crippen LogP contribution in [0.15, 0.2) is 24.4 Å². The second-order valence-corrected chi connectivity index (χ2v) is 2.75. The van der Waals surface area contributed by atoms with Crippen molar-refractivity contribution in [1.82, 2.24) is 15.4 Å². The van der Waals surface area contributed by atoms with Crippen LogP contribution in [0.3, 0.4) is 0 Å². The Balaban J connectivity index is 2.48. The van der Waals surface area contributed by atoms with Crippen LogP contribution in [-0.2, 0) is 0 Å². The van der Waals surface area contributed by atoms with E-state index in [0.717, 1.165) is 0 Å². The molecule has 5 nitrogen and oxygen atoms in total. The lowest BCUT2D eigenvalue weighted by Crippen LogP contribution is -1.83. The van der Waals surface area contributed by atoms with Crippen LogP contribution in [0.1, 0.15) is 10.4 Å². The molecule has 0 saturated heterocycles. The number of benzene rings is 1. The highest BCUT2D eigenvalue weighted by Gasteiger charge is 2.04. The van der Waals surface area contributed by atoms with Crippen LogP contribution < -0.4 is 0 Å². The number of carbonyl (C=O) groups is 1. The molecule has 0 amide bonds. The normalized spacial score (nSPS) is 10.0. The molecule has 0 unspecified atom stereocenters. The lowest BCUT2D eigenvalue weighted by molar-refractivity contribution is 0.112. The Bertz CT molecular complexity index is 451. The summed E-state index contributed by atoms with van der Waals surface area (Å²) in [5.74, 6) is -0.0551. The third-order valence-electron chi connectivity index (χ3n) is 1.87. The lowest BCUT2D eigenvalue weighted by atomic mass is 10.1. The van der Waals surface area contributed by atoms with E-state index in [0.29, 0.717) is 17.5 Å². The summed E-state index contributed by atoms with van der Waals surface area (Å²) in [6, 6.07) is 4.70. The van der Waals surface area contributed by atoms with Crippen molar-refractivity contribution >= 4 is 6.29 Å². The van der Waals surface area contributed by atoms with Gasteiger partial charge in [0.15, 0.2) is 6.29 Å². The number of nitrogens with zero attached hydrogens (tertiary/aromatic N) is 2. The fourth-order valence-corrected chi connectivity index (χ4v) is 1.14. The summed E-state index contributed by atoms with van der Waals surface area (Å²) in [6.45, 7) is 0. The first-order chi connectivity index (χ1) is 6.81. The van der Waals surface area contributed by atoms with Crippen molar-refractivity contribution in [2.24, 2.45) is 0 Å². The molecule has 0 saturated carbocycles. The molecule has 70 valence electrons. The second kappa shape index (κ2) is 3.29. The van der Waals surface area contributed by atoms with Crippen molar-refractivity contribution in [3.05, 3.63) is 30.0 Å². The molecule has 5 heteroatoms. The fraction of sp³-hybridized carbons (Fsp3) is 0. The van der Waals surface area contributed by atoms with E-state index in [2.05, 4.69) is 15.4 Å². The molecule has 0 fully saturated rings. The Morgan fingerprint density at radius 3 is 2.86 bits per heavy atom. The first kappa shape index (κ1) is 8.43. The van der Waals surface area contributed by atoms with E-state index < -0.39 is 0 Å². The number of aromatic hydroxyl groups is 1. The van der Waals surface area contributed by atoms with Gasteiger partial charge in [-0.15, -0.1) is 0 Å². The van der Waals surface area contributed by atoms with Crippen LogP contribution in [0, 0.1) is 0 Å². The van der Waals surface area contributed by atoms with Gasteiger partial charge in [-0.2, -0.15) is 15.4 Å². The molecule has 2 aromatic rings. The summed E-state index contributed by atoms with van der Waals surface area (Å²) in [4.78, 5) is 10.4. The number of nitrogens with one attached hydrogen (secondary N) is 1. The predicted octanol–water partition coefficient (Wildman–Crippen LogP) is 0.990. The van der Waals surface area contributed by atoms with E-state index in [1.54, 1.807) is 6.07 Å². The number of aromatic amines is 1. The van der Waals surface area contributed by atoms with Crippen molar-refractivity contribution in [1.29, 1.82) is 0 Å². The summed E-state index contributed by atoms with van der Waals surface area (Å²) < 4.78 is 0. The Kier molecular flexibility index (Phi) is 1.98. The van der Waals surface area contributed by atoms with Gasteiger partial charge in [0, 0.05) is 5.56 Å². The average Bonchev–Trinajstić information content (AvgIpc) is 2.70. The maximum atomic E-state index is 10.4. The molecule has 0 radical (unpaired) electrons. The minimum Gasteiger partial charge on any atom is -0.507 e. The van der Waals surface area contributed by atoms with E-state index in [9.17, 15) is 9.90 Å². The van der Waals surface area contributed by atoms with Crippen molar-refractivity contribution in [3.63, 3.8) is 0 Å². The van der Waals surface area contributed by atoms with E-state index >= 15 is 0 Å². The Labute approximate surface area is 79.4 Å². The molecule has 0 aliphatic rings. The summed E-state index contributed by atoms with van der Waals surface area (Å²) in [6.07, 6.45) is 2.14. The quantitative estimate of drug-likeness (QED) is 0.690. The number of phenols is 1. The minimum atomic E-state index is -0.0551. The number of aldehydes is 1. The highest BCUT2D eigenvalue weighted by atomic mass is 16.3. The van der Waals surface area contributed by atoms with E-state index in [-0.39, 0.29) is 11.3 Å². The van der Waals surface area contributed by atoms with Gasteiger partial charge in [-0.25, -0.2) is 0 Å². The lowest BCUT2D eigenvalue weighted by Gasteiger charge is -1.99. The Hall–Kier alpha value is -2.17. The van der Waals surface area contributed by atoms with Gasteiger partial charge in [0.1, 0.15) is 11.4 Å². The van der Waals surface area contributed by atoms with Crippen LogP contribution in [0.4, 0.5) is 0 Å². The summed E-state index contributed by atoms with van der Waals surface area (Å²) in [5.41, 5.74) is 1.59. The van der Waals surface area contributed by atoms with Crippen molar-refractivity contribution in [2.75, 3.05) is 0 Å². The van der Waals surface area contributed by atoms with E-state index in [1.165, 1.54) is 18.3 Å². The van der Waals surface area contributed by atoms with E-state index in [4.69, 9.17) is 0 Å². The topological polar surface area (TPSA) is 78.9 Å². The standard InChI is InChI=1S/C9H7N3O2/c13-5-7-2-1-6(3-9(7)14)8-4-10-12-11-8/h1-5,14H,(H,10,11,12). The maximum absolute atomic E-state index is 10.4. The van der Waals surface area contributed by atoms with Gasteiger partial charge in [0.25, 0.3) is 0 Å². The molecule has 0 atom stereocenters. The zero-order valence-corrected chi connectivity index (χ0v) is 7.14. The van der Waals surface area contributed by atoms with Gasteiger partial charge in [0.05, 0.1) is 11.8 Å². The van der Waals surface area contributed by atoms with Crippen LogP contribution in [0.5, 0.6) is 5.75 Å². The molecule has 0 spiro atoms. The fourth-order valence-electron chi connectivity index (χ4n) is 1.14. The molecular weight excluding hydrogens is 182 g/mol. The number of hydrogen-bond acceptors (Lipinski definition) is 4. The summed E-state index contributed by atoms with van der Waals surface area (Å²) in [7, 11) is 0. The van der Waals surface area contributed by atoms with Crippen molar-refractivity contribution in [2.45, 2.75) is 0 Å². The van der Waals surface area contributed by atoms with Gasteiger partial charge in [-0.3, -0.25) is 4.79 Å². The first-order valence-electron chi connectivity index (χ1n) is 3.95. The van der Waals surface area contributed by atoms with Gasteiger partial charge >= 0.3 is 0 Å². The van der Waals surface area contributed by atoms with Gasteiger partial charge in [0.2, 0.25) is 0 Å². The molecule has 1 aromatic heterocycles. The highest BCUT2D eigenvalue weighted by Crippen LogP contribution is 2.23. The third kappa shape index (κ3) is 1.35. The van der Waals surface area contributed by atoms with Crippen LogP contribution in [-0.4, -0.2) is 26.8 Å². The van der Waals surface area contributed by atoms with Gasteiger partial charge in [-0.1, -0.05) is 6.07 Å².